The molecule has 1 heteroatoms. The van der Waals surface area contributed by atoms with Crippen LogP contribution in [0.4, 0.5) is 0 Å². The van der Waals surface area contributed by atoms with Crippen LogP contribution in [0.2, 0.25) is 5.25 Å². The molecule has 0 aromatic carbocycles. The van der Waals surface area contributed by atoms with Gasteiger partial charge in [-0.15, -0.1) is 0 Å². The van der Waals surface area contributed by atoms with E-state index in [4.69, 9.17) is 0 Å². The quantitative estimate of drug-likeness (QED) is 0.436. The van der Waals surface area contributed by atoms with Crippen LogP contribution in [-0.4, -0.2) is 16.5 Å². The van der Waals surface area contributed by atoms with E-state index >= 15 is 0 Å². The van der Waals surface area contributed by atoms with Crippen LogP contribution in [0, 0.1) is 0 Å². The van der Waals surface area contributed by atoms with Gasteiger partial charge in [0.25, 0.3) is 0 Å². The molecule has 0 saturated carbocycles. The molecule has 0 aromatic heterocycles. The van der Waals surface area contributed by atoms with Crippen molar-refractivity contribution in [2.24, 2.45) is 0 Å². The van der Waals surface area contributed by atoms with Gasteiger partial charge in [-0.25, -0.2) is 0 Å². The average Bonchev–Trinajstić information content (AvgIpc) is 1.37. The SMILES string of the molecule is CC[CH2][GeH3].[H-]. The van der Waals surface area contributed by atoms with Crippen molar-refractivity contribution < 1.29 is 1.43 Å². The molecule has 0 aliphatic rings. The monoisotopic (exact) mass is 121 g/mol. The Hall–Kier alpha value is 0.543. The molecule has 4 heavy (non-hydrogen) atoms. The van der Waals surface area contributed by atoms with Crippen molar-refractivity contribution in [3.8, 4) is 0 Å². The Bertz CT molecular complexity index is 8.85. The largest absolute Gasteiger partial charge is 1.00 e. The molecule has 0 N–H and O–H groups in total. The van der Waals surface area contributed by atoms with E-state index in [-0.39, 0.29) is 1.43 Å². The predicted octanol–water partition coefficient (Wildman–Crippen LogP) is 0.293. The van der Waals surface area contributed by atoms with Crippen molar-refractivity contribution in [2.45, 2.75) is 18.6 Å². The number of rotatable bonds is 1. The molecule has 0 nitrogen and oxygen atoms in total. The number of hydrogen-bond donors (Lipinski definition) is 0. The molecule has 0 heterocycles. The molecule has 0 aromatic rings. The number of hydrogen-bond acceptors (Lipinski definition) is 0. The zero-order valence-corrected chi connectivity index (χ0v) is 7.61. The van der Waals surface area contributed by atoms with Crippen molar-refractivity contribution in [3.63, 3.8) is 0 Å². The summed E-state index contributed by atoms with van der Waals surface area (Å²) in [5, 5.41) is 1.51. The van der Waals surface area contributed by atoms with Crippen LogP contribution in [0.1, 0.15) is 14.8 Å². The molecule has 0 unspecified atom stereocenters. The molecule has 0 aliphatic heterocycles. The Morgan fingerprint density at radius 2 is 2.25 bits per heavy atom. The average molecular weight is 120 g/mol. The van der Waals surface area contributed by atoms with Crippen molar-refractivity contribution >= 4 is 16.5 Å². The first-order valence-electron chi connectivity index (χ1n) is 1.91. The molecular weight excluding hydrogens is 109 g/mol. The van der Waals surface area contributed by atoms with E-state index in [0.29, 0.717) is 0 Å². The molecule has 0 radical (unpaired) electrons. The fourth-order valence-electron chi connectivity index (χ4n) is 0. The summed E-state index contributed by atoms with van der Waals surface area (Å²) in [6, 6.07) is 0. The predicted molar refractivity (Wildman–Crippen MR) is 26.1 cm³/mol. The van der Waals surface area contributed by atoms with Gasteiger partial charge in [-0.3, -0.25) is 0 Å². The van der Waals surface area contributed by atoms with E-state index in [2.05, 4.69) is 6.92 Å². The van der Waals surface area contributed by atoms with Gasteiger partial charge >= 0.3 is 35.1 Å². The topological polar surface area (TPSA) is 0 Å². The Morgan fingerprint density at radius 3 is 2.25 bits per heavy atom. The smallest absolute Gasteiger partial charge is 1.00 e. The minimum absolute atomic E-state index is 0. The normalized spacial score (nSPS) is 8.25. The van der Waals surface area contributed by atoms with E-state index in [0.717, 1.165) is 16.5 Å². The third kappa shape index (κ3) is 2.54. The zero-order valence-electron chi connectivity index (χ0n) is 4.41. The van der Waals surface area contributed by atoms with E-state index in [9.17, 15) is 0 Å². The molecule has 0 rings (SSSR count). The summed E-state index contributed by atoms with van der Waals surface area (Å²) in [6.07, 6.45) is 1.40. The second-order valence-electron chi connectivity index (χ2n) is 1.000. The van der Waals surface area contributed by atoms with Gasteiger partial charge in [-0.05, 0) is 0 Å². The van der Waals surface area contributed by atoms with Crippen LogP contribution < -0.4 is 0 Å². The molecule has 0 saturated heterocycles. The van der Waals surface area contributed by atoms with Crippen LogP contribution in [0.25, 0.3) is 0 Å². The molecule has 0 spiro atoms. The van der Waals surface area contributed by atoms with E-state index in [1.807, 2.05) is 0 Å². The Balaban J connectivity index is 0. The molecule has 0 atom stereocenters. The van der Waals surface area contributed by atoms with Crippen molar-refractivity contribution in [1.29, 1.82) is 0 Å². The first kappa shape index (κ1) is 4.54. The maximum Gasteiger partial charge on any atom is -1.00 e. The summed E-state index contributed by atoms with van der Waals surface area (Å²) < 4.78 is 0. The van der Waals surface area contributed by atoms with Crippen LogP contribution in [0.3, 0.4) is 0 Å². The van der Waals surface area contributed by atoms with Crippen LogP contribution >= 0.6 is 0 Å². The van der Waals surface area contributed by atoms with Gasteiger partial charge < -0.3 is 1.43 Å². The van der Waals surface area contributed by atoms with E-state index < -0.39 is 0 Å². The third-order valence-corrected chi connectivity index (χ3v) is 2.60. The van der Waals surface area contributed by atoms with Gasteiger partial charge in [-0.1, -0.05) is 0 Å². The van der Waals surface area contributed by atoms with Gasteiger partial charge in [0, 0.05) is 0 Å². The zero-order chi connectivity index (χ0) is 3.41. The Kier molecular flexibility index (Phi) is 4.02. The van der Waals surface area contributed by atoms with Crippen LogP contribution in [0.5, 0.6) is 0 Å². The van der Waals surface area contributed by atoms with Gasteiger partial charge in [0.05, 0.1) is 0 Å². The van der Waals surface area contributed by atoms with Gasteiger partial charge in [0.15, 0.2) is 0 Å². The fraction of sp³-hybridized carbons (Fsp3) is 1.00. The van der Waals surface area contributed by atoms with Crippen LogP contribution in [-0.2, 0) is 0 Å². The summed E-state index contributed by atoms with van der Waals surface area (Å²) in [5.41, 5.74) is 0. The molecule has 28 valence electrons. The summed E-state index contributed by atoms with van der Waals surface area (Å²) in [6.45, 7) is 2.23. The van der Waals surface area contributed by atoms with E-state index in [1.165, 1.54) is 11.7 Å². The summed E-state index contributed by atoms with van der Waals surface area (Å²) in [5.74, 6) is 0. The molecular formula is C3H11Ge-. The first-order chi connectivity index (χ1) is 1.91. The van der Waals surface area contributed by atoms with Crippen LogP contribution in [0.15, 0.2) is 0 Å². The molecule has 0 aliphatic carbocycles. The van der Waals surface area contributed by atoms with Crippen molar-refractivity contribution in [1.82, 2.24) is 0 Å². The molecule has 0 bridgehead atoms. The third-order valence-electron chi connectivity index (χ3n) is 0.500. The second-order valence-corrected chi connectivity index (χ2v) is 3.10. The first-order valence-corrected chi connectivity index (χ1v) is 4.88. The Morgan fingerprint density at radius 1 is 2.00 bits per heavy atom. The maximum atomic E-state index is 2.23. The molecule has 0 amide bonds. The second kappa shape index (κ2) is 3.54. The minimum atomic E-state index is 0. The maximum absolute atomic E-state index is 2.23. The van der Waals surface area contributed by atoms with E-state index in [1.54, 1.807) is 0 Å². The standard InChI is InChI=1S/C3H10Ge.H/c1-2-3-4;/h2-3H2,1,4H3;/q;-1. The minimum Gasteiger partial charge on any atom is -1.00 e. The van der Waals surface area contributed by atoms with Gasteiger partial charge in [-0.2, -0.15) is 0 Å². The van der Waals surface area contributed by atoms with Gasteiger partial charge in [0.1, 0.15) is 0 Å². The fourth-order valence-corrected chi connectivity index (χ4v) is 0. The summed E-state index contributed by atoms with van der Waals surface area (Å²) in [7, 11) is 0. The van der Waals surface area contributed by atoms with Gasteiger partial charge in [0.2, 0.25) is 0 Å². The molecule has 0 fully saturated rings. The summed E-state index contributed by atoms with van der Waals surface area (Å²) >= 11 is 1.11. The Labute approximate surface area is 37.3 Å². The summed E-state index contributed by atoms with van der Waals surface area (Å²) in [4.78, 5) is 0. The van der Waals surface area contributed by atoms with Crippen molar-refractivity contribution in [3.05, 3.63) is 0 Å². The van der Waals surface area contributed by atoms with Crippen molar-refractivity contribution in [2.75, 3.05) is 0 Å².